The summed E-state index contributed by atoms with van der Waals surface area (Å²) in [4.78, 5) is 13.9. The van der Waals surface area contributed by atoms with E-state index in [1.165, 1.54) is 24.3 Å². The summed E-state index contributed by atoms with van der Waals surface area (Å²) in [6.07, 6.45) is -0.0841. The molecule has 230 valence electrons. The molecule has 0 amide bonds. The normalized spacial score (nSPS) is 12.2. The van der Waals surface area contributed by atoms with Crippen LogP contribution in [0, 0.1) is 0 Å². The summed E-state index contributed by atoms with van der Waals surface area (Å²) in [6.45, 7) is 1.67. The molecule has 45 heavy (non-hydrogen) atoms. The maximum absolute atomic E-state index is 13.5. The van der Waals surface area contributed by atoms with Crippen molar-refractivity contribution in [3.8, 4) is 11.5 Å². The first kappa shape index (κ1) is 31.9. The van der Waals surface area contributed by atoms with Gasteiger partial charge in [-0.25, -0.2) is 13.2 Å². The monoisotopic (exact) mass is 641 g/mol. The van der Waals surface area contributed by atoms with Crippen LogP contribution >= 0.6 is 11.6 Å². The lowest BCUT2D eigenvalue weighted by atomic mass is 10.1. The van der Waals surface area contributed by atoms with E-state index < -0.39 is 21.9 Å². The molecule has 0 bridgehead atoms. The molecule has 0 fully saturated rings. The van der Waals surface area contributed by atoms with Crippen LogP contribution in [0.15, 0.2) is 137 Å². The van der Waals surface area contributed by atoms with Crippen molar-refractivity contribution < 1.29 is 28.2 Å². The van der Waals surface area contributed by atoms with Gasteiger partial charge in [-0.2, -0.15) is 0 Å². The number of carboxylic acid groups (broad SMARTS) is 1. The summed E-state index contributed by atoms with van der Waals surface area (Å²) in [6, 6.07) is 36.2. The van der Waals surface area contributed by atoms with Crippen LogP contribution < -0.4 is 4.74 Å². The highest BCUT2D eigenvalue weighted by molar-refractivity contribution is 7.91. The van der Waals surface area contributed by atoms with Gasteiger partial charge in [-0.1, -0.05) is 84.4 Å². The fourth-order valence-electron chi connectivity index (χ4n) is 4.96. The van der Waals surface area contributed by atoms with Crippen molar-refractivity contribution in [2.45, 2.75) is 28.9 Å². The molecular weight excluding hydrogens is 610 g/mol. The van der Waals surface area contributed by atoms with Crippen LogP contribution in [0.2, 0.25) is 5.02 Å². The zero-order chi connectivity index (χ0) is 31.8. The van der Waals surface area contributed by atoms with Crippen molar-refractivity contribution in [2.75, 3.05) is 13.1 Å². The van der Waals surface area contributed by atoms with Crippen molar-refractivity contribution in [1.82, 2.24) is 4.90 Å². The van der Waals surface area contributed by atoms with E-state index in [9.17, 15) is 23.4 Å². The number of carboxylic acids is 1. The molecule has 9 heteroatoms. The Morgan fingerprint density at radius 3 is 2.22 bits per heavy atom. The third-order valence-electron chi connectivity index (χ3n) is 7.33. The summed E-state index contributed by atoms with van der Waals surface area (Å²) < 4.78 is 32.7. The van der Waals surface area contributed by atoms with Crippen molar-refractivity contribution >= 4 is 27.4 Å². The van der Waals surface area contributed by atoms with E-state index in [0.717, 1.165) is 16.7 Å². The van der Waals surface area contributed by atoms with Gasteiger partial charge in [-0.3, -0.25) is 4.90 Å². The van der Waals surface area contributed by atoms with Crippen molar-refractivity contribution in [2.24, 2.45) is 0 Å². The highest BCUT2D eigenvalue weighted by atomic mass is 35.5. The summed E-state index contributed by atoms with van der Waals surface area (Å²) >= 11 is 6.14. The Kier molecular flexibility index (Phi) is 10.3. The molecular formula is C36H32ClNO6S. The van der Waals surface area contributed by atoms with Crippen molar-refractivity contribution in [3.05, 3.63) is 155 Å². The van der Waals surface area contributed by atoms with Gasteiger partial charge in [0.1, 0.15) is 17.1 Å². The van der Waals surface area contributed by atoms with E-state index in [1.807, 2.05) is 42.5 Å². The van der Waals surface area contributed by atoms with Gasteiger partial charge in [-0.05, 0) is 77.7 Å². The molecule has 0 aliphatic rings. The fourth-order valence-corrected chi connectivity index (χ4v) is 6.46. The van der Waals surface area contributed by atoms with E-state index >= 15 is 0 Å². The highest BCUT2D eigenvalue weighted by Gasteiger charge is 2.20. The minimum absolute atomic E-state index is 0.0253. The number of aliphatic hydroxyl groups is 1. The molecule has 1 unspecified atom stereocenters. The van der Waals surface area contributed by atoms with E-state index in [2.05, 4.69) is 4.90 Å². The minimum Gasteiger partial charge on any atom is -0.478 e. The number of hydrogen-bond donors (Lipinski definition) is 2. The van der Waals surface area contributed by atoms with Crippen LogP contribution in [-0.2, 0) is 22.8 Å². The third-order valence-corrected chi connectivity index (χ3v) is 9.33. The predicted octanol–water partition coefficient (Wildman–Crippen LogP) is 7.44. The average molecular weight is 642 g/mol. The van der Waals surface area contributed by atoms with E-state index in [1.54, 1.807) is 60.7 Å². The molecule has 0 saturated carbocycles. The van der Waals surface area contributed by atoms with Gasteiger partial charge >= 0.3 is 5.97 Å². The highest BCUT2D eigenvalue weighted by Crippen LogP contribution is 2.29. The number of nitrogens with zero attached hydrogens (tertiary/aromatic N) is 1. The summed E-state index contributed by atoms with van der Waals surface area (Å²) in [5.41, 5.74) is 2.79. The van der Waals surface area contributed by atoms with E-state index in [0.29, 0.717) is 31.1 Å². The predicted molar refractivity (Wildman–Crippen MR) is 174 cm³/mol. The maximum atomic E-state index is 13.5. The number of carbonyl (C=O) groups is 1. The number of sulfone groups is 1. The molecule has 2 N–H and O–H groups in total. The van der Waals surface area contributed by atoms with Crippen LogP contribution in [0.5, 0.6) is 11.5 Å². The molecule has 5 aromatic rings. The van der Waals surface area contributed by atoms with Gasteiger partial charge in [0, 0.05) is 24.7 Å². The lowest BCUT2D eigenvalue weighted by Crippen LogP contribution is -2.30. The second-order valence-electron chi connectivity index (χ2n) is 10.6. The molecule has 0 saturated heterocycles. The van der Waals surface area contributed by atoms with Crippen LogP contribution in [-0.4, -0.2) is 42.6 Å². The van der Waals surface area contributed by atoms with Crippen LogP contribution in [0.25, 0.3) is 0 Å². The molecule has 0 aliphatic heterocycles. The Balaban J connectivity index is 1.28. The number of halogens is 1. The number of aliphatic hydroxyl groups excluding tert-OH is 1. The second kappa shape index (κ2) is 14.5. The van der Waals surface area contributed by atoms with Crippen LogP contribution in [0.4, 0.5) is 0 Å². The number of ether oxygens (including phenoxy) is 1. The Morgan fingerprint density at radius 1 is 0.778 bits per heavy atom. The number of rotatable bonds is 13. The van der Waals surface area contributed by atoms with Gasteiger partial charge in [-0.15, -0.1) is 0 Å². The van der Waals surface area contributed by atoms with Gasteiger partial charge in [0.2, 0.25) is 9.84 Å². The third kappa shape index (κ3) is 8.38. The second-order valence-corrected chi connectivity index (χ2v) is 13.0. The summed E-state index contributed by atoms with van der Waals surface area (Å²) in [5.74, 6) is -0.819. The molecule has 0 heterocycles. The van der Waals surface area contributed by atoms with Crippen molar-refractivity contribution in [3.63, 3.8) is 0 Å². The topological polar surface area (TPSA) is 104 Å². The molecule has 1 atom stereocenters. The maximum Gasteiger partial charge on any atom is 0.339 e. The Bertz CT molecular complexity index is 1860. The van der Waals surface area contributed by atoms with E-state index in [-0.39, 0.29) is 26.9 Å². The first-order chi connectivity index (χ1) is 21.7. The number of benzene rings is 5. The molecule has 5 aromatic carbocycles. The number of para-hydroxylation sites is 1. The largest absolute Gasteiger partial charge is 0.478 e. The van der Waals surface area contributed by atoms with Crippen molar-refractivity contribution in [1.29, 1.82) is 0 Å². The zero-order valence-corrected chi connectivity index (χ0v) is 25.9. The van der Waals surface area contributed by atoms with Crippen LogP contribution in [0.1, 0.15) is 33.2 Å². The molecule has 0 spiro atoms. The lowest BCUT2D eigenvalue weighted by molar-refractivity contribution is 0.0694. The minimum atomic E-state index is -3.87. The van der Waals surface area contributed by atoms with Gasteiger partial charge in [0.15, 0.2) is 0 Å². The molecule has 5 rings (SSSR count). The standard InChI is InChI=1S/C36H32ClNO6S/c37-29-11-6-10-28(22-29)34(39)25-38(24-27-8-2-1-3-9-27)21-20-26-16-18-31(19-17-26)45(42,43)32-13-7-12-30(23-32)44-35-15-5-4-14-33(35)36(40)41/h1-19,22-23,34,39H,20-21,24-25H2,(H,40,41). The lowest BCUT2D eigenvalue weighted by Gasteiger charge is -2.25. The van der Waals surface area contributed by atoms with Gasteiger partial charge in [0.05, 0.1) is 15.9 Å². The average Bonchev–Trinajstić information content (AvgIpc) is 3.04. The number of hydrogen-bond acceptors (Lipinski definition) is 6. The first-order valence-electron chi connectivity index (χ1n) is 14.3. The molecule has 7 nitrogen and oxygen atoms in total. The Labute approximate surface area is 267 Å². The van der Waals surface area contributed by atoms with Crippen LogP contribution in [0.3, 0.4) is 0 Å². The fraction of sp³-hybridized carbons (Fsp3) is 0.139. The Morgan fingerprint density at radius 2 is 1.49 bits per heavy atom. The quantitative estimate of drug-likeness (QED) is 0.138. The summed E-state index contributed by atoms with van der Waals surface area (Å²) in [7, 11) is -3.87. The SMILES string of the molecule is O=C(O)c1ccccc1Oc1cccc(S(=O)(=O)c2ccc(CCN(Cc3ccccc3)CC(O)c3cccc(Cl)c3)cc2)c1. The summed E-state index contributed by atoms with van der Waals surface area (Å²) in [5, 5.41) is 21.0. The molecule has 0 aromatic heterocycles. The first-order valence-corrected chi connectivity index (χ1v) is 16.2. The van der Waals surface area contributed by atoms with Gasteiger partial charge in [0.25, 0.3) is 0 Å². The van der Waals surface area contributed by atoms with E-state index in [4.69, 9.17) is 16.3 Å². The smallest absolute Gasteiger partial charge is 0.339 e. The molecule has 0 aliphatic carbocycles. The molecule has 0 radical (unpaired) electrons. The Hall–Kier alpha value is -4.47. The van der Waals surface area contributed by atoms with Gasteiger partial charge < -0.3 is 14.9 Å². The zero-order valence-electron chi connectivity index (χ0n) is 24.3. The number of aromatic carboxylic acids is 1.